The number of carbonyl (C=O) groups is 1. The number of carbonyl (C=O) groups excluding carboxylic acids is 1. The lowest BCUT2D eigenvalue weighted by Gasteiger charge is -2.52. The highest BCUT2D eigenvalue weighted by atomic mass is 28.4. The van der Waals surface area contributed by atoms with Crippen LogP contribution in [0.5, 0.6) is 0 Å². The van der Waals surface area contributed by atoms with Crippen molar-refractivity contribution in [1.29, 1.82) is 0 Å². The summed E-state index contributed by atoms with van der Waals surface area (Å²) in [4.78, 5) is 23.9. The lowest BCUT2D eigenvalue weighted by molar-refractivity contribution is -0.317. The summed E-state index contributed by atoms with van der Waals surface area (Å²) >= 11 is 0. The predicted octanol–water partition coefficient (Wildman–Crippen LogP) is 9.60. The van der Waals surface area contributed by atoms with Crippen LogP contribution in [0, 0.1) is 23.7 Å². The van der Waals surface area contributed by atoms with Crippen molar-refractivity contribution < 1.29 is 66.6 Å². The van der Waals surface area contributed by atoms with E-state index in [0.717, 1.165) is 25.7 Å². The van der Waals surface area contributed by atoms with Crippen molar-refractivity contribution in [2.75, 3.05) is 27.8 Å². The molecule has 3 heterocycles. The van der Waals surface area contributed by atoms with Crippen molar-refractivity contribution in [2.24, 2.45) is 28.8 Å². The Morgan fingerprint density at radius 3 is 2.01 bits per heavy atom. The molecule has 18 heteroatoms. The molecular formula is C55H104N2O14Si2. The quantitative estimate of drug-likeness (QED) is 0.0436. The van der Waals surface area contributed by atoms with Gasteiger partial charge >= 0.3 is 5.97 Å². The molecule has 1 aliphatic carbocycles. The van der Waals surface area contributed by atoms with E-state index in [1.54, 1.807) is 20.1 Å². The number of hydrogen-bond donors (Lipinski definition) is 2. The molecule has 0 aromatic rings. The number of likely N-dealkylation sites (N-methyl/N-ethyl adjacent to an activating group) is 1. The molecule has 16 nitrogen and oxygen atoms in total. The molecule has 4 fully saturated rings. The van der Waals surface area contributed by atoms with Gasteiger partial charge in [-0.2, -0.15) is 0 Å². The van der Waals surface area contributed by atoms with Gasteiger partial charge in [-0.05, 0) is 141 Å². The Bertz CT molecular complexity index is 1770. The van der Waals surface area contributed by atoms with Crippen LogP contribution in [0.3, 0.4) is 0 Å². The van der Waals surface area contributed by atoms with E-state index < -0.39 is 118 Å². The number of ether oxygens (including phenoxy) is 8. The number of methoxy groups -OCH3 is 1. The van der Waals surface area contributed by atoms with Gasteiger partial charge in [0.05, 0.1) is 72.2 Å². The van der Waals surface area contributed by atoms with Gasteiger partial charge in [-0.3, -0.25) is 4.79 Å². The maximum absolute atomic E-state index is 15.0. The minimum Gasteiger partial charge on any atom is -0.459 e. The maximum Gasteiger partial charge on any atom is 0.311 e. The molecule has 0 aromatic carbocycles. The Balaban J connectivity index is 2.04. The summed E-state index contributed by atoms with van der Waals surface area (Å²) in [6, 6.07) is -0.0539. The third kappa shape index (κ3) is 16.6. The summed E-state index contributed by atoms with van der Waals surface area (Å²) in [6.07, 6.45) is -0.430. The highest BCUT2D eigenvalue weighted by Crippen LogP contribution is 2.44. The summed E-state index contributed by atoms with van der Waals surface area (Å²) in [5.41, 5.74) is -3.49. The smallest absolute Gasteiger partial charge is 0.311 e. The molecule has 4 aliphatic rings. The highest BCUT2D eigenvalue weighted by molar-refractivity contribution is 6.70. The minimum atomic E-state index is -2.23. The van der Waals surface area contributed by atoms with E-state index in [1.807, 2.05) is 62.3 Å². The largest absolute Gasteiger partial charge is 0.459 e. The maximum atomic E-state index is 15.0. The number of aliphatic hydroxyl groups is 2. The number of rotatable bonds is 18. The van der Waals surface area contributed by atoms with Gasteiger partial charge in [0.15, 0.2) is 29.2 Å². The Kier molecular flexibility index (Phi) is 22.9. The van der Waals surface area contributed by atoms with Gasteiger partial charge in [-0.15, -0.1) is 6.58 Å². The van der Waals surface area contributed by atoms with Crippen LogP contribution in [-0.4, -0.2) is 167 Å². The van der Waals surface area contributed by atoms with Gasteiger partial charge in [0.1, 0.15) is 17.8 Å². The van der Waals surface area contributed by atoms with Gasteiger partial charge in [0.2, 0.25) is 5.79 Å². The van der Waals surface area contributed by atoms with E-state index in [4.69, 9.17) is 56.7 Å². The zero-order valence-corrected chi connectivity index (χ0v) is 51.3. The second-order valence-electron chi connectivity index (χ2n) is 25.3. The first kappa shape index (κ1) is 64.2. The number of cyclic esters (lactones) is 1. The minimum absolute atomic E-state index is 0.0539. The molecular weight excluding hydrogens is 969 g/mol. The van der Waals surface area contributed by atoms with Gasteiger partial charge < -0.3 is 66.7 Å². The van der Waals surface area contributed by atoms with Crippen LogP contribution in [0.4, 0.5) is 0 Å². The summed E-state index contributed by atoms with van der Waals surface area (Å²) in [5, 5.41) is 30.0. The molecule has 18 atom stereocenters. The standard InChI is InChI=1S/C55H104N2O14Si2/c1-23-30-62-53(12)32-35(5)44(56-71-55(68-34(3)4)28-26-25-27-29-55)37(7)47(58)54(13,60)42(24-2)65-50(59)39(9)45(66-43-33-52(11,61-16)49(40(10)64-43)70-73(20,21)22)38(8)48(53)67-51-46(69-72(17,18)19)41(57(14)15)31-36(6)63-51/h23,34-43,45-49,51,58,60H,1,24-33H2,2-22H3/b56-44+/t35-,36-,37+,38+,39-,40+,41+,42?,43+,45?,46-,47-,48-,49+,51+,52-,53-,54-/m1/s1. The van der Waals surface area contributed by atoms with Crippen LogP contribution in [0.25, 0.3) is 0 Å². The Labute approximate surface area is 443 Å². The van der Waals surface area contributed by atoms with Crippen molar-refractivity contribution in [3.63, 3.8) is 0 Å². The second-order valence-corrected chi connectivity index (χ2v) is 34.2. The van der Waals surface area contributed by atoms with Crippen molar-refractivity contribution in [1.82, 2.24) is 4.90 Å². The fourth-order valence-corrected chi connectivity index (χ4v) is 14.2. The van der Waals surface area contributed by atoms with Crippen LogP contribution in [0.2, 0.25) is 39.3 Å². The Hall–Kier alpha value is -1.37. The van der Waals surface area contributed by atoms with E-state index in [9.17, 15) is 10.2 Å². The number of esters is 1. The fourth-order valence-electron chi connectivity index (χ4n) is 12.0. The molecule has 73 heavy (non-hydrogen) atoms. The summed E-state index contributed by atoms with van der Waals surface area (Å²) < 4.78 is 68.6. The average Bonchev–Trinajstić information content (AvgIpc) is 3.28. The third-order valence-corrected chi connectivity index (χ3v) is 17.6. The summed E-state index contributed by atoms with van der Waals surface area (Å²) in [7, 11) is 1.49. The number of oxime groups is 1. The monoisotopic (exact) mass is 1070 g/mol. The summed E-state index contributed by atoms with van der Waals surface area (Å²) in [6.45, 7) is 40.2. The zero-order valence-electron chi connectivity index (χ0n) is 49.3. The number of nitrogens with zero attached hydrogens (tertiary/aromatic N) is 2. The van der Waals surface area contributed by atoms with Crippen LogP contribution in [-0.2, 0) is 56.4 Å². The Morgan fingerprint density at radius 2 is 1.48 bits per heavy atom. The normalized spacial score (nSPS) is 41.4. The van der Waals surface area contributed by atoms with Gasteiger partial charge in [0, 0.05) is 50.2 Å². The molecule has 4 rings (SSSR count). The molecule has 3 saturated heterocycles. The lowest BCUT2D eigenvalue weighted by atomic mass is 9.73. The first-order valence-corrected chi connectivity index (χ1v) is 34.5. The third-order valence-electron chi connectivity index (χ3n) is 15.7. The van der Waals surface area contributed by atoms with Crippen molar-refractivity contribution in [3.8, 4) is 0 Å². The molecule has 1 saturated carbocycles. The molecule has 426 valence electrons. The van der Waals surface area contributed by atoms with Gasteiger partial charge in [-0.25, -0.2) is 0 Å². The van der Waals surface area contributed by atoms with Crippen LogP contribution >= 0.6 is 0 Å². The number of aliphatic hydroxyl groups excluding tert-OH is 1. The fraction of sp³-hybridized carbons (Fsp3) is 0.927. The molecule has 3 aliphatic heterocycles. The molecule has 2 N–H and O–H groups in total. The van der Waals surface area contributed by atoms with Gasteiger partial charge in [-0.1, -0.05) is 45.3 Å². The van der Waals surface area contributed by atoms with Crippen LogP contribution in [0.15, 0.2) is 17.8 Å². The van der Waals surface area contributed by atoms with Crippen molar-refractivity contribution in [2.45, 2.75) is 276 Å². The lowest BCUT2D eigenvalue weighted by Crippen LogP contribution is -2.63. The first-order valence-electron chi connectivity index (χ1n) is 27.7. The molecule has 0 aromatic heterocycles. The van der Waals surface area contributed by atoms with Gasteiger partial charge in [0.25, 0.3) is 0 Å². The molecule has 0 amide bonds. The highest BCUT2D eigenvalue weighted by Gasteiger charge is 2.55. The molecule has 0 bridgehead atoms. The summed E-state index contributed by atoms with van der Waals surface area (Å²) in [5.74, 6) is -4.51. The molecule has 0 spiro atoms. The zero-order chi connectivity index (χ0) is 55.2. The van der Waals surface area contributed by atoms with E-state index >= 15 is 4.79 Å². The van der Waals surface area contributed by atoms with E-state index in [1.165, 1.54) is 6.92 Å². The van der Waals surface area contributed by atoms with E-state index in [2.05, 4.69) is 71.8 Å². The molecule has 2 unspecified atom stereocenters. The molecule has 0 radical (unpaired) electrons. The van der Waals surface area contributed by atoms with Crippen LogP contribution in [0.1, 0.15) is 141 Å². The second kappa shape index (κ2) is 26.1. The van der Waals surface area contributed by atoms with Crippen molar-refractivity contribution in [3.05, 3.63) is 12.7 Å². The average molecular weight is 1070 g/mol. The topological polar surface area (TPSA) is 175 Å². The van der Waals surface area contributed by atoms with E-state index in [0.29, 0.717) is 25.0 Å². The predicted molar refractivity (Wildman–Crippen MR) is 290 cm³/mol. The van der Waals surface area contributed by atoms with Crippen molar-refractivity contribution >= 4 is 28.3 Å². The van der Waals surface area contributed by atoms with Crippen LogP contribution < -0.4 is 0 Å². The SMILES string of the molecule is C=CCO[C@]1(C)C[C@@H](C)/C(=N\OC2(OC(C)C)CCCCC2)[C@H](C)[C@@H](O)[C@](C)(O)C(CC)OC(=O)[C@H](C)C(O[C@H]2C[C@@](C)(OC)[C@@H](O[Si](C)(C)C)[C@H](C)O2)[C@H](C)[C@H]1O[C@@H]1O[C@H](C)C[C@H](N(C)C)[C@H]1O[Si](C)(C)C. The van der Waals surface area contributed by atoms with E-state index in [-0.39, 0.29) is 43.8 Å². The first-order chi connectivity index (χ1) is 33.7. The Morgan fingerprint density at radius 1 is 0.863 bits per heavy atom. The number of hydrogen-bond acceptors (Lipinski definition) is 16.